The molecule has 22 heavy (non-hydrogen) atoms. The number of carbonyl (C=O) groups is 1. The van der Waals surface area contributed by atoms with Crippen LogP contribution in [-0.2, 0) is 4.74 Å². The Morgan fingerprint density at radius 1 is 1.36 bits per heavy atom. The summed E-state index contributed by atoms with van der Waals surface area (Å²) in [6, 6.07) is 7.11. The van der Waals surface area contributed by atoms with Gasteiger partial charge < -0.3 is 20.5 Å². The van der Waals surface area contributed by atoms with Crippen molar-refractivity contribution in [2.24, 2.45) is 5.92 Å². The molecule has 1 aliphatic rings. The first kappa shape index (κ1) is 17.1. The van der Waals surface area contributed by atoms with E-state index in [1.165, 1.54) is 0 Å². The first-order valence-electron chi connectivity index (χ1n) is 7.58. The molecule has 1 aromatic rings. The van der Waals surface area contributed by atoms with Crippen LogP contribution < -0.4 is 10.6 Å². The van der Waals surface area contributed by atoms with Crippen molar-refractivity contribution in [2.45, 2.75) is 31.5 Å². The van der Waals surface area contributed by atoms with Crippen LogP contribution in [-0.4, -0.2) is 37.4 Å². The molecule has 2 rings (SSSR count). The summed E-state index contributed by atoms with van der Waals surface area (Å²) in [5.74, 6) is 0.167. The Morgan fingerprint density at radius 3 is 2.68 bits per heavy atom. The van der Waals surface area contributed by atoms with Gasteiger partial charge in [0.15, 0.2) is 0 Å². The predicted octanol–water partition coefficient (Wildman–Crippen LogP) is 2.49. The third-order valence-electron chi connectivity index (χ3n) is 4.12. The van der Waals surface area contributed by atoms with E-state index in [9.17, 15) is 9.90 Å². The summed E-state index contributed by atoms with van der Waals surface area (Å²) in [7, 11) is 1.60. The van der Waals surface area contributed by atoms with Crippen molar-refractivity contribution in [3.63, 3.8) is 0 Å². The van der Waals surface area contributed by atoms with Crippen LogP contribution in [0.25, 0.3) is 0 Å². The number of urea groups is 1. The summed E-state index contributed by atoms with van der Waals surface area (Å²) >= 11 is 5.86. The highest BCUT2D eigenvalue weighted by Crippen LogP contribution is 2.24. The van der Waals surface area contributed by atoms with E-state index >= 15 is 0 Å². The maximum absolute atomic E-state index is 11.8. The molecule has 3 atom stereocenters. The number of nitrogens with one attached hydrogen (secondary N) is 2. The Labute approximate surface area is 136 Å². The molecule has 0 heterocycles. The molecule has 1 aliphatic carbocycles. The summed E-state index contributed by atoms with van der Waals surface area (Å²) in [6.45, 7) is 0.878. The molecular weight excluding hydrogens is 304 g/mol. The molecule has 6 heteroatoms. The van der Waals surface area contributed by atoms with E-state index in [2.05, 4.69) is 10.6 Å². The van der Waals surface area contributed by atoms with Crippen molar-refractivity contribution in [1.82, 2.24) is 10.6 Å². The quantitative estimate of drug-likeness (QED) is 0.752. The minimum absolute atomic E-state index is 0.167. The molecule has 0 unspecified atom stereocenters. The molecule has 0 aliphatic heterocycles. The van der Waals surface area contributed by atoms with E-state index < -0.39 is 0 Å². The van der Waals surface area contributed by atoms with Crippen LogP contribution in [0.5, 0.6) is 0 Å². The molecule has 122 valence electrons. The smallest absolute Gasteiger partial charge is 0.314 e. The molecule has 3 N–H and O–H groups in total. The maximum Gasteiger partial charge on any atom is 0.314 e. The largest absolute Gasteiger partial charge is 0.393 e. The average molecular weight is 327 g/mol. The molecule has 0 aromatic heterocycles. The SMILES string of the molecule is CO[C@H](CNC(=O)NC[C@H]1CCC[C@@H]1O)c1ccc(Cl)cc1. The molecule has 1 aromatic carbocycles. The number of amides is 2. The fourth-order valence-corrected chi connectivity index (χ4v) is 2.87. The standard InChI is InChI=1S/C16H23ClN2O3/c1-22-15(11-5-7-13(17)8-6-11)10-19-16(21)18-9-12-3-2-4-14(12)20/h5-8,12,14-15,20H,2-4,9-10H2,1H3,(H2,18,19,21)/t12-,14+,15-/m1/s1. The Bertz CT molecular complexity index is 481. The number of methoxy groups -OCH3 is 1. The van der Waals surface area contributed by atoms with E-state index in [0.717, 1.165) is 24.8 Å². The van der Waals surface area contributed by atoms with Gasteiger partial charge in [-0.3, -0.25) is 0 Å². The van der Waals surface area contributed by atoms with Gasteiger partial charge in [-0.25, -0.2) is 4.79 Å². The molecular formula is C16H23ClN2O3. The zero-order valence-corrected chi connectivity index (χ0v) is 13.5. The molecule has 0 bridgehead atoms. The van der Waals surface area contributed by atoms with Gasteiger partial charge in [0.05, 0.1) is 12.2 Å². The number of aliphatic hydroxyl groups is 1. The minimum Gasteiger partial charge on any atom is -0.393 e. The second-order valence-electron chi connectivity index (χ2n) is 5.63. The third-order valence-corrected chi connectivity index (χ3v) is 4.37. The van der Waals surface area contributed by atoms with Crippen molar-refractivity contribution in [3.8, 4) is 0 Å². The number of carbonyl (C=O) groups excluding carboxylic acids is 1. The van der Waals surface area contributed by atoms with Crippen LogP contribution in [0.3, 0.4) is 0 Å². The number of rotatable bonds is 6. The van der Waals surface area contributed by atoms with E-state index in [-0.39, 0.29) is 24.2 Å². The number of hydrogen-bond acceptors (Lipinski definition) is 3. The van der Waals surface area contributed by atoms with Crippen molar-refractivity contribution in [3.05, 3.63) is 34.9 Å². The van der Waals surface area contributed by atoms with Crippen molar-refractivity contribution < 1.29 is 14.6 Å². The zero-order chi connectivity index (χ0) is 15.9. The van der Waals surface area contributed by atoms with Crippen LogP contribution in [0.2, 0.25) is 5.02 Å². The fourth-order valence-electron chi connectivity index (χ4n) is 2.74. The van der Waals surface area contributed by atoms with Crippen LogP contribution in [0, 0.1) is 5.92 Å². The zero-order valence-electron chi connectivity index (χ0n) is 12.7. The Morgan fingerprint density at radius 2 is 2.09 bits per heavy atom. The summed E-state index contributed by atoms with van der Waals surface area (Å²) in [5, 5.41) is 16.0. The number of aliphatic hydroxyl groups excluding tert-OH is 1. The molecule has 2 amide bonds. The van der Waals surface area contributed by atoms with Gasteiger partial charge >= 0.3 is 6.03 Å². The number of ether oxygens (including phenoxy) is 1. The van der Waals surface area contributed by atoms with Gasteiger partial charge in [0.1, 0.15) is 0 Å². The van der Waals surface area contributed by atoms with Gasteiger partial charge in [0.25, 0.3) is 0 Å². The van der Waals surface area contributed by atoms with Crippen molar-refractivity contribution >= 4 is 17.6 Å². The van der Waals surface area contributed by atoms with Crippen LogP contribution >= 0.6 is 11.6 Å². The van der Waals surface area contributed by atoms with Gasteiger partial charge in [-0.2, -0.15) is 0 Å². The lowest BCUT2D eigenvalue weighted by Crippen LogP contribution is -2.41. The lowest BCUT2D eigenvalue weighted by atomic mass is 10.1. The maximum atomic E-state index is 11.8. The topological polar surface area (TPSA) is 70.6 Å². The van der Waals surface area contributed by atoms with E-state index in [1.807, 2.05) is 12.1 Å². The molecule has 0 spiro atoms. The van der Waals surface area contributed by atoms with Crippen molar-refractivity contribution in [2.75, 3.05) is 20.2 Å². The third kappa shape index (κ3) is 4.87. The van der Waals surface area contributed by atoms with Gasteiger partial charge in [-0.15, -0.1) is 0 Å². The summed E-state index contributed by atoms with van der Waals surface area (Å²) in [6.07, 6.45) is 2.31. The van der Waals surface area contributed by atoms with Gasteiger partial charge in [-0.05, 0) is 30.5 Å². The van der Waals surface area contributed by atoms with E-state index in [1.54, 1.807) is 19.2 Å². The van der Waals surface area contributed by atoms with Crippen LogP contribution in [0.1, 0.15) is 30.9 Å². The summed E-state index contributed by atoms with van der Waals surface area (Å²) in [4.78, 5) is 11.8. The van der Waals surface area contributed by atoms with E-state index in [4.69, 9.17) is 16.3 Å². The average Bonchev–Trinajstić information content (AvgIpc) is 2.92. The van der Waals surface area contributed by atoms with Crippen molar-refractivity contribution in [1.29, 1.82) is 0 Å². The monoisotopic (exact) mass is 326 g/mol. The molecule has 0 saturated heterocycles. The molecule has 1 fully saturated rings. The van der Waals surface area contributed by atoms with Gasteiger partial charge in [-0.1, -0.05) is 30.2 Å². The molecule has 5 nitrogen and oxygen atoms in total. The van der Waals surface area contributed by atoms with E-state index in [0.29, 0.717) is 18.1 Å². The second-order valence-corrected chi connectivity index (χ2v) is 6.06. The second kappa shape index (κ2) is 8.36. The Balaban J connectivity index is 1.75. The van der Waals surface area contributed by atoms with Gasteiger partial charge in [0, 0.05) is 31.1 Å². The highest BCUT2D eigenvalue weighted by Gasteiger charge is 2.25. The lowest BCUT2D eigenvalue weighted by Gasteiger charge is -2.18. The number of hydrogen-bond donors (Lipinski definition) is 3. The van der Waals surface area contributed by atoms with Crippen LogP contribution in [0.15, 0.2) is 24.3 Å². The summed E-state index contributed by atoms with van der Waals surface area (Å²) < 4.78 is 5.40. The van der Waals surface area contributed by atoms with Gasteiger partial charge in [0.2, 0.25) is 0 Å². The molecule has 0 radical (unpaired) electrons. The highest BCUT2D eigenvalue weighted by molar-refractivity contribution is 6.30. The molecule has 1 saturated carbocycles. The number of benzene rings is 1. The minimum atomic E-state index is -0.291. The fraction of sp³-hybridized carbons (Fsp3) is 0.562. The Hall–Kier alpha value is -1.30. The first-order chi connectivity index (χ1) is 10.6. The Kier molecular flexibility index (Phi) is 6.49. The number of halogens is 1. The normalized spacial score (nSPS) is 22.3. The summed E-state index contributed by atoms with van der Waals surface area (Å²) in [5.41, 5.74) is 0.957. The highest BCUT2D eigenvalue weighted by atomic mass is 35.5. The first-order valence-corrected chi connectivity index (χ1v) is 7.96. The van der Waals surface area contributed by atoms with Crippen LogP contribution in [0.4, 0.5) is 4.79 Å². The lowest BCUT2D eigenvalue weighted by molar-refractivity contribution is 0.103. The predicted molar refractivity (Wildman–Crippen MR) is 86.0 cm³/mol.